The molecule has 2 N–H and O–H groups in total. The van der Waals surface area contributed by atoms with Gasteiger partial charge >= 0.3 is 6.18 Å². The highest BCUT2D eigenvalue weighted by molar-refractivity contribution is 5.22. The van der Waals surface area contributed by atoms with Gasteiger partial charge in [0.1, 0.15) is 0 Å². The molecule has 0 amide bonds. The van der Waals surface area contributed by atoms with Crippen molar-refractivity contribution in [2.45, 2.75) is 25.6 Å². The van der Waals surface area contributed by atoms with E-state index >= 15 is 0 Å². The molecule has 2 rings (SSSR count). The second-order valence-corrected chi connectivity index (χ2v) is 5.37. The molecule has 0 aliphatic carbocycles. The fraction of sp³-hybridized carbons (Fsp3) is 0.643. The second kappa shape index (κ2) is 6.72. The van der Waals surface area contributed by atoms with Gasteiger partial charge in [-0.1, -0.05) is 0 Å². The third-order valence-corrected chi connectivity index (χ3v) is 3.88. The molecule has 1 fully saturated rings. The summed E-state index contributed by atoms with van der Waals surface area (Å²) in [5, 5.41) is 12.5. The van der Waals surface area contributed by atoms with E-state index in [0.717, 1.165) is 6.07 Å². The first kappa shape index (κ1) is 16.2. The van der Waals surface area contributed by atoms with Crippen LogP contribution < -0.4 is 5.32 Å². The van der Waals surface area contributed by atoms with E-state index in [-0.39, 0.29) is 24.3 Å². The average Bonchev–Trinajstić information content (AvgIpc) is 2.48. The molecule has 0 bridgehead atoms. The summed E-state index contributed by atoms with van der Waals surface area (Å²) in [6.45, 7) is 1.61. The molecule has 21 heavy (non-hydrogen) atoms. The first-order valence-electron chi connectivity index (χ1n) is 6.87. The van der Waals surface area contributed by atoms with Crippen LogP contribution in [-0.4, -0.2) is 36.5 Å². The molecule has 0 atom stereocenters. The van der Waals surface area contributed by atoms with Crippen LogP contribution in [0.3, 0.4) is 0 Å². The fourth-order valence-corrected chi connectivity index (χ4v) is 2.48. The molecular formula is C14H19F3N2O2. The maximum Gasteiger partial charge on any atom is 0.418 e. The predicted octanol–water partition coefficient (Wildman–Crippen LogP) is 1.98. The first-order chi connectivity index (χ1) is 9.97. The molecular weight excluding hydrogens is 285 g/mol. The van der Waals surface area contributed by atoms with Gasteiger partial charge < -0.3 is 15.2 Å². The van der Waals surface area contributed by atoms with Crippen LogP contribution in [0.1, 0.15) is 24.1 Å². The second-order valence-electron chi connectivity index (χ2n) is 5.37. The summed E-state index contributed by atoms with van der Waals surface area (Å²) in [5.41, 5.74) is -1.06. The van der Waals surface area contributed by atoms with E-state index in [1.54, 1.807) is 0 Å². The van der Waals surface area contributed by atoms with Crippen molar-refractivity contribution in [3.8, 4) is 0 Å². The molecule has 0 saturated carbocycles. The lowest BCUT2D eigenvalue weighted by Crippen LogP contribution is -2.41. The molecule has 1 aromatic rings. The SMILES string of the molecule is OCC1(CNCc2ncccc2C(F)(F)F)CCOCC1. The average molecular weight is 304 g/mol. The Morgan fingerprint density at radius 3 is 2.67 bits per heavy atom. The molecule has 1 saturated heterocycles. The van der Waals surface area contributed by atoms with Gasteiger partial charge in [0.05, 0.1) is 17.9 Å². The van der Waals surface area contributed by atoms with Gasteiger partial charge in [0.2, 0.25) is 0 Å². The number of nitrogens with zero attached hydrogens (tertiary/aromatic N) is 1. The summed E-state index contributed by atoms with van der Waals surface area (Å²) in [6.07, 6.45) is -1.66. The molecule has 0 aromatic carbocycles. The summed E-state index contributed by atoms with van der Waals surface area (Å²) >= 11 is 0. The Balaban J connectivity index is 1.97. The van der Waals surface area contributed by atoms with Gasteiger partial charge in [-0.05, 0) is 25.0 Å². The van der Waals surface area contributed by atoms with Gasteiger partial charge in [-0.15, -0.1) is 0 Å². The zero-order chi connectivity index (χ0) is 15.3. The maximum absolute atomic E-state index is 12.8. The van der Waals surface area contributed by atoms with Gasteiger partial charge in [-0.3, -0.25) is 4.98 Å². The number of aliphatic hydroxyl groups excluding tert-OH is 1. The highest BCUT2D eigenvalue weighted by atomic mass is 19.4. The number of pyridine rings is 1. The Bertz CT molecular complexity index is 460. The fourth-order valence-electron chi connectivity index (χ4n) is 2.48. The number of hydrogen-bond donors (Lipinski definition) is 2. The zero-order valence-corrected chi connectivity index (χ0v) is 11.6. The lowest BCUT2D eigenvalue weighted by molar-refractivity contribution is -0.138. The van der Waals surface area contributed by atoms with Crippen LogP contribution in [0.15, 0.2) is 18.3 Å². The molecule has 1 aliphatic rings. The predicted molar refractivity (Wildman–Crippen MR) is 70.5 cm³/mol. The monoisotopic (exact) mass is 304 g/mol. The maximum atomic E-state index is 12.8. The minimum absolute atomic E-state index is 0.00228. The van der Waals surface area contributed by atoms with Crippen molar-refractivity contribution < 1.29 is 23.0 Å². The molecule has 0 radical (unpaired) electrons. The van der Waals surface area contributed by atoms with E-state index in [1.165, 1.54) is 12.3 Å². The van der Waals surface area contributed by atoms with E-state index in [1.807, 2.05) is 0 Å². The first-order valence-corrected chi connectivity index (χ1v) is 6.87. The normalized spacial score (nSPS) is 18.7. The number of rotatable bonds is 5. The number of ether oxygens (including phenoxy) is 1. The molecule has 0 spiro atoms. The van der Waals surface area contributed by atoms with Crippen LogP contribution in [0.2, 0.25) is 0 Å². The van der Waals surface area contributed by atoms with Gasteiger partial charge in [-0.2, -0.15) is 13.2 Å². The van der Waals surface area contributed by atoms with Crippen LogP contribution in [0.25, 0.3) is 0 Å². The van der Waals surface area contributed by atoms with Gasteiger partial charge in [0, 0.05) is 37.9 Å². The third kappa shape index (κ3) is 4.15. The van der Waals surface area contributed by atoms with Crippen LogP contribution in [-0.2, 0) is 17.5 Å². The summed E-state index contributed by atoms with van der Waals surface area (Å²) < 4.78 is 43.8. The number of halogens is 3. The number of aliphatic hydroxyl groups is 1. The summed E-state index contributed by atoms with van der Waals surface area (Å²) in [6, 6.07) is 2.31. The molecule has 0 unspecified atom stereocenters. The zero-order valence-electron chi connectivity index (χ0n) is 11.6. The van der Waals surface area contributed by atoms with Crippen molar-refractivity contribution >= 4 is 0 Å². The molecule has 1 aromatic heterocycles. The highest BCUT2D eigenvalue weighted by Crippen LogP contribution is 2.32. The lowest BCUT2D eigenvalue weighted by Gasteiger charge is -2.35. The third-order valence-electron chi connectivity index (χ3n) is 3.88. The summed E-state index contributed by atoms with van der Waals surface area (Å²) in [5.74, 6) is 0. The highest BCUT2D eigenvalue weighted by Gasteiger charge is 2.34. The Morgan fingerprint density at radius 2 is 2.05 bits per heavy atom. The summed E-state index contributed by atoms with van der Waals surface area (Å²) in [4.78, 5) is 3.81. The van der Waals surface area contributed by atoms with Crippen molar-refractivity contribution in [1.29, 1.82) is 0 Å². The van der Waals surface area contributed by atoms with Crippen LogP contribution in [0.4, 0.5) is 13.2 Å². The van der Waals surface area contributed by atoms with Gasteiger partial charge in [-0.25, -0.2) is 0 Å². The van der Waals surface area contributed by atoms with Crippen LogP contribution in [0, 0.1) is 5.41 Å². The number of hydrogen-bond acceptors (Lipinski definition) is 4. The van der Waals surface area contributed by atoms with Crippen LogP contribution in [0.5, 0.6) is 0 Å². The van der Waals surface area contributed by atoms with Crippen LogP contribution >= 0.6 is 0 Å². The Hall–Kier alpha value is -1.18. The van der Waals surface area contributed by atoms with E-state index < -0.39 is 11.7 Å². The Labute approximate surface area is 121 Å². The minimum Gasteiger partial charge on any atom is -0.396 e. The largest absolute Gasteiger partial charge is 0.418 e. The van der Waals surface area contributed by atoms with Gasteiger partial charge in [0.25, 0.3) is 0 Å². The van der Waals surface area contributed by atoms with Crippen molar-refractivity contribution in [1.82, 2.24) is 10.3 Å². The minimum atomic E-state index is -4.40. The standard InChI is InChI=1S/C14H19F3N2O2/c15-14(16,17)11-2-1-5-19-12(11)8-18-9-13(10-20)3-6-21-7-4-13/h1-2,5,18,20H,3-4,6-10H2. The van der Waals surface area contributed by atoms with E-state index in [9.17, 15) is 18.3 Å². The van der Waals surface area contributed by atoms with Crippen molar-refractivity contribution in [2.75, 3.05) is 26.4 Å². The quantitative estimate of drug-likeness (QED) is 0.873. The Morgan fingerprint density at radius 1 is 1.33 bits per heavy atom. The molecule has 2 heterocycles. The number of nitrogens with one attached hydrogen (secondary N) is 1. The molecule has 4 nitrogen and oxygen atoms in total. The molecule has 7 heteroatoms. The smallest absolute Gasteiger partial charge is 0.396 e. The topological polar surface area (TPSA) is 54.4 Å². The van der Waals surface area contributed by atoms with Crippen molar-refractivity contribution in [3.63, 3.8) is 0 Å². The molecule has 1 aliphatic heterocycles. The Kier molecular flexibility index (Phi) is 5.18. The van der Waals surface area contributed by atoms with Crippen molar-refractivity contribution in [3.05, 3.63) is 29.6 Å². The van der Waals surface area contributed by atoms with E-state index in [2.05, 4.69) is 10.3 Å². The van der Waals surface area contributed by atoms with E-state index in [4.69, 9.17) is 4.74 Å². The number of aromatic nitrogens is 1. The van der Waals surface area contributed by atoms with Gasteiger partial charge in [0.15, 0.2) is 0 Å². The lowest BCUT2D eigenvalue weighted by atomic mass is 9.81. The molecule has 118 valence electrons. The van der Waals surface area contributed by atoms with Crippen molar-refractivity contribution in [2.24, 2.45) is 5.41 Å². The van der Waals surface area contributed by atoms with E-state index in [0.29, 0.717) is 32.6 Å². The number of alkyl halides is 3. The summed E-state index contributed by atoms with van der Waals surface area (Å²) in [7, 11) is 0.